The van der Waals surface area contributed by atoms with E-state index in [1.54, 1.807) is 0 Å². The standard InChI is InChI=1S/C47H35N3/c1-47(2)40-20-9-6-15-35(40)36-28-27-33(29-41(36)47)30-23-25-31(26-24-30)34-18-12-19-38-37-16-8-11-22-43(37)50(45(34)38)46-48-42-21-10-7-17-39(42)44(49-46)32-13-4-3-5-14-32/h3-29,46,48H,1-2H3. The van der Waals surface area contributed by atoms with Gasteiger partial charge in [0, 0.05) is 38.6 Å². The van der Waals surface area contributed by atoms with E-state index in [0.29, 0.717) is 0 Å². The van der Waals surface area contributed by atoms with Gasteiger partial charge in [0.25, 0.3) is 0 Å². The molecule has 8 aromatic rings. The fraction of sp³-hybridized carbons (Fsp3) is 0.0851. The third kappa shape index (κ3) is 4.26. The Morgan fingerprint density at radius 1 is 0.500 bits per heavy atom. The van der Waals surface area contributed by atoms with Crippen LogP contribution in [0.1, 0.15) is 42.4 Å². The molecule has 1 aliphatic carbocycles. The minimum Gasteiger partial charge on any atom is -0.346 e. The predicted molar refractivity (Wildman–Crippen MR) is 209 cm³/mol. The Morgan fingerprint density at radius 2 is 1.14 bits per heavy atom. The molecule has 0 spiro atoms. The molecule has 10 rings (SSSR count). The lowest BCUT2D eigenvalue weighted by Crippen LogP contribution is -2.25. The van der Waals surface area contributed by atoms with Crippen molar-refractivity contribution in [2.45, 2.75) is 25.6 Å². The van der Waals surface area contributed by atoms with E-state index in [1.807, 2.05) is 0 Å². The van der Waals surface area contributed by atoms with E-state index in [-0.39, 0.29) is 11.7 Å². The lowest BCUT2D eigenvalue weighted by molar-refractivity contribution is 0.625. The summed E-state index contributed by atoms with van der Waals surface area (Å²) in [6, 6.07) is 59.4. The minimum absolute atomic E-state index is 0.0263. The zero-order valence-corrected chi connectivity index (χ0v) is 28.1. The van der Waals surface area contributed by atoms with Crippen LogP contribution >= 0.6 is 0 Å². The van der Waals surface area contributed by atoms with Crippen LogP contribution in [0.25, 0.3) is 55.2 Å². The molecular weight excluding hydrogens is 607 g/mol. The molecule has 3 nitrogen and oxygen atoms in total. The molecular formula is C47H35N3. The van der Waals surface area contributed by atoms with Crippen molar-refractivity contribution in [2.24, 2.45) is 4.99 Å². The van der Waals surface area contributed by atoms with Crippen molar-refractivity contribution in [3.8, 4) is 33.4 Å². The van der Waals surface area contributed by atoms with Gasteiger partial charge in [0.2, 0.25) is 6.29 Å². The number of para-hydroxylation sites is 3. The van der Waals surface area contributed by atoms with Gasteiger partial charge >= 0.3 is 0 Å². The summed E-state index contributed by atoms with van der Waals surface area (Å²) in [5, 5.41) is 6.25. The Morgan fingerprint density at radius 3 is 2.00 bits per heavy atom. The molecule has 7 aromatic carbocycles. The van der Waals surface area contributed by atoms with Gasteiger partial charge in [0.1, 0.15) is 0 Å². The normalized spacial score (nSPS) is 15.6. The third-order valence-electron chi connectivity index (χ3n) is 10.9. The van der Waals surface area contributed by atoms with Gasteiger partial charge in [0.05, 0.1) is 16.7 Å². The summed E-state index contributed by atoms with van der Waals surface area (Å²) in [6.45, 7) is 4.69. The van der Waals surface area contributed by atoms with Crippen LogP contribution in [-0.4, -0.2) is 10.3 Å². The van der Waals surface area contributed by atoms with Crippen LogP contribution in [0.2, 0.25) is 0 Å². The molecule has 0 fully saturated rings. The van der Waals surface area contributed by atoms with Crippen LogP contribution in [0.15, 0.2) is 169 Å². The number of nitrogens with zero attached hydrogens (tertiary/aromatic N) is 2. The molecule has 238 valence electrons. The lowest BCUT2D eigenvalue weighted by atomic mass is 9.81. The van der Waals surface area contributed by atoms with Crippen molar-refractivity contribution in [1.29, 1.82) is 0 Å². The average Bonchev–Trinajstić information content (AvgIpc) is 3.63. The van der Waals surface area contributed by atoms with Crippen molar-refractivity contribution < 1.29 is 0 Å². The average molecular weight is 642 g/mol. The van der Waals surface area contributed by atoms with Crippen molar-refractivity contribution in [3.63, 3.8) is 0 Å². The van der Waals surface area contributed by atoms with Gasteiger partial charge in [-0.1, -0.05) is 159 Å². The second kappa shape index (κ2) is 10.9. The minimum atomic E-state index is -0.332. The molecule has 0 saturated heterocycles. The van der Waals surface area contributed by atoms with Gasteiger partial charge in [-0.15, -0.1) is 0 Å². The SMILES string of the molecule is CC1(C)c2ccccc2-c2ccc(-c3ccc(-c4cccc5c6ccccc6n(C6N=C(c7ccccc7)c7ccccc7N6)c45)cc3)cc21. The Labute approximate surface area is 292 Å². The number of rotatable bonds is 4. The zero-order valence-electron chi connectivity index (χ0n) is 28.1. The molecule has 3 heteroatoms. The summed E-state index contributed by atoms with van der Waals surface area (Å²) >= 11 is 0. The number of hydrogen-bond donors (Lipinski definition) is 1. The van der Waals surface area contributed by atoms with Crippen LogP contribution in [0.5, 0.6) is 0 Å². The van der Waals surface area contributed by atoms with Crippen LogP contribution in [0.3, 0.4) is 0 Å². The summed E-state index contributed by atoms with van der Waals surface area (Å²) in [5.74, 6) is 0. The Hall–Kier alpha value is -6.19. The number of fused-ring (bicyclic) bond motifs is 7. The monoisotopic (exact) mass is 641 g/mol. The van der Waals surface area contributed by atoms with Crippen LogP contribution < -0.4 is 5.32 Å². The molecule has 1 N–H and O–H groups in total. The van der Waals surface area contributed by atoms with Crippen molar-refractivity contribution in [3.05, 3.63) is 186 Å². The molecule has 50 heavy (non-hydrogen) atoms. The van der Waals surface area contributed by atoms with Crippen LogP contribution in [0, 0.1) is 0 Å². The van der Waals surface area contributed by atoms with Crippen LogP contribution in [-0.2, 0) is 5.41 Å². The first-order valence-corrected chi connectivity index (χ1v) is 17.4. The molecule has 0 amide bonds. The summed E-state index contributed by atoms with van der Waals surface area (Å²) in [7, 11) is 0. The molecule has 0 bridgehead atoms. The Bertz CT molecular complexity index is 2640. The van der Waals surface area contributed by atoms with Crippen LogP contribution in [0.4, 0.5) is 5.69 Å². The molecule has 0 saturated carbocycles. The van der Waals surface area contributed by atoms with Crippen molar-refractivity contribution in [1.82, 2.24) is 4.57 Å². The maximum Gasteiger partial charge on any atom is 0.201 e. The third-order valence-corrected chi connectivity index (χ3v) is 10.9. The van der Waals surface area contributed by atoms with E-state index >= 15 is 0 Å². The van der Waals surface area contributed by atoms with E-state index in [2.05, 4.69) is 188 Å². The summed E-state index contributed by atoms with van der Waals surface area (Å²) < 4.78 is 2.40. The highest BCUT2D eigenvalue weighted by atomic mass is 15.3. The van der Waals surface area contributed by atoms with E-state index in [1.165, 1.54) is 60.8 Å². The lowest BCUT2D eigenvalue weighted by Gasteiger charge is -2.28. The molecule has 2 heterocycles. The quantitative estimate of drug-likeness (QED) is 0.204. The fourth-order valence-corrected chi connectivity index (χ4v) is 8.39. The second-order valence-corrected chi connectivity index (χ2v) is 14.0. The number of hydrogen-bond acceptors (Lipinski definition) is 2. The summed E-state index contributed by atoms with van der Waals surface area (Å²) in [4.78, 5) is 5.45. The van der Waals surface area contributed by atoms with Crippen molar-refractivity contribution in [2.75, 3.05) is 5.32 Å². The van der Waals surface area contributed by atoms with E-state index in [4.69, 9.17) is 4.99 Å². The topological polar surface area (TPSA) is 29.3 Å². The second-order valence-electron chi connectivity index (χ2n) is 14.0. The Balaban J connectivity index is 1.11. The summed E-state index contributed by atoms with van der Waals surface area (Å²) in [5.41, 5.74) is 17.0. The van der Waals surface area contributed by atoms with Gasteiger partial charge in [-0.2, -0.15) is 0 Å². The number of aliphatic imine (C=N–C) groups is 1. The highest BCUT2D eigenvalue weighted by molar-refractivity contribution is 6.17. The molecule has 1 atom stereocenters. The highest BCUT2D eigenvalue weighted by Gasteiger charge is 2.35. The van der Waals surface area contributed by atoms with E-state index in [9.17, 15) is 0 Å². The first kappa shape index (κ1) is 28.8. The Kier molecular flexibility index (Phi) is 6.28. The van der Waals surface area contributed by atoms with Gasteiger partial charge in [-0.25, -0.2) is 4.99 Å². The molecule has 1 unspecified atom stereocenters. The number of anilines is 1. The number of aromatic nitrogens is 1. The smallest absolute Gasteiger partial charge is 0.201 e. The van der Waals surface area contributed by atoms with Gasteiger partial charge in [0.15, 0.2) is 0 Å². The number of nitrogens with one attached hydrogen (secondary N) is 1. The molecule has 1 aromatic heterocycles. The van der Waals surface area contributed by atoms with Gasteiger partial charge < -0.3 is 9.88 Å². The fourth-order valence-electron chi connectivity index (χ4n) is 8.39. The maximum atomic E-state index is 5.45. The summed E-state index contributed by atoms with van der Waals surface area (Å²) in [6.07, 6.45) is -0.332. The molecule has 2 aliphatic rings. The van der Waals surface area contributed by atoms with Gasteiger partial charge in [-0.05, 0) is 57.1 Å². The molecule has 1 aliphatic heterocycles. The first-order valence-electron chi connectivity index (χ1n) is 17.4. The predicted octanol–water partition coefficient (Wildman–Crippen LogP) is 11.9. The largest absolute Gasteiger partial charge is 0.346 e. The van der Waals surface area contributed by atoms with E-state index < -0.39 is 0 Å². The molecule has 0 radical (unpaired) electrons. The highest BCUT2D eigenvalue weighted by Crippen LogP contribution is 2.49. The zero-order chi connectivity index (χ0) is 33.4. The van der Waals surface area contributed by atoms with Crippen molar-refractivity contribution >= 4 is 33.2 Å². The first-order chi connectivity index (χ1) is 24.6. The van der Waals surface area contributed by atoms with E-state index in [0.717, 1.165) is 28.0 Å². The maximum absolute atomic E-state index is 5.45. The van der Waals surface area contributed by atoms with Gasteiger partial charge in [-0.3, -0.25) is 0 Å². The number of benzene rings is 7.